The maximum atomic E-state index is 12.1. The number of carbonyl (C=O) groups is 1. The van der Waals surface area contributed by atoms with Crippen molar-refractivity contribution in [3.05, 3.63) is 48.2 Å². The molecule has 1 fully saturated rings. The van der Waals surface area contributed by atoms with E-state index in [1.54, 1.807) is 0 Å². The minimum atomic E-state index is -1.65. The molecule has 0 aromatic heterocycles. The lowest BCUT2D eigenvalue weighted by molar-refractivity contribution is 0.0552. The van der Waals surface area contributed by atoms with Gasteiger partial charge in [0.15, 0.2) is 0 Å². The Balaban J connectivity index is 1.86. The molecule has 0 aliphatic carbocycles. The molecule has 1 unspecified atom stereocenters. The predicted molar refractivity (Wildman–Crippen MR) is 93.2 cm³/mol. The third-order valence-corrected chi connectivity index (χ3v) is 4.00. The number of amides is 1. The van der Waals surface area contributed by atoms with Crippen molar-refractivity contribution in [2.75, 3.05) is 13.1 Å². The molecule has 1 aromatic carbocycles. The Kier molecular flexibility index (Phi) is 7.15. The van der Waals surface area contributed by atoms with Gasteiger partial charge in [0.1, 0.15) is 6.10 Å². The Morgan fingerprint density at radius 1 is 1.46 bits per heavy atom. The standard InChI is InChI=1S/C17H25BN2O4/c1-2-10-20-11-6-9-15(13-20)24-17(21)19-16(18(22)23)12-14-7-4-3-5-8-14/h2-5,7-8,10,15-16,22-23H,6,9,11-13H2,1H3,(H,19,21)/t15?,16-/m0/s1. The highest BCUT2D eigenvalue weighted by atomic mass is 16.6. The number of carbonyl (C=O) groups excluding carboxylic acids is 1. The van der Waals surface area contributed by atoms with Crippen molar-refractivity contribution in [3.63, 3.8) is 0 Å². The van der Waals surface area contributed by atoms with E-state index in [2.05, 4.69) is 10.2 Å². The van der Waals surface area contributed by atoms with Crippen LogP contribution in [-0.4, -0.2) is 53.3 Å². The van der Waals surface area contributed by atoms with E-state index in [0.29, 0.717) is 13.0 Å². The van der Waals surface area contributed by atoms with Crippen molar-refractivity contribution >= 4 is 13.2 Å². The number of piperidine rings is 1. The molecule has 1 aromatic rings. The van der Waals surface area contributed by atoms with Crippen LogP contribution in [-0.2, 0) is 11.2 Å². The predicted octanol–water partition coefficient (Wildman–Crippen LogP) is 1.33. The molecule has 7 heteroatoms. The van der Waals surface area contributed by atoms with E-state index in [4.69, 9.17) is 4.74 Å². The van der Waals surface area contributed by atoms with Gasteiger partial charge in [0.25, 0.3) is 0 Å². The number of likely N-dealkylation sites (tertiary alicyclic amines) is 1. The number of hydrogen-bond acceptors (Lipinski definition) is 5. The highest BCUT2D eigenvalue weighted by Gasteiger charge is 2.28. The number of ether oxygens (including phenoxy) is 1. The lowest BCUT2D eigenvalue weighted by Gasteiger charge is -2.31. The zero-order valence-electron chi connectivity index (χ0n) is 14.0. The number of nitrogens with one attached hydrogen (secondary N) is 1. The lowest BCUT2D eigenvalue weighted by Crippen LogP contribution is -2.49. The Labute approximate surface area is 143 Å². The average Bonchev–Trinajstić information content (AvgIpc) is 2.55. The molecule has 1 aliphatic heterocycles. The van der Waals surface area contributed by atoms with Crippen LogP contribution in [0.2, 0.25) is 0 Å². The number of benzene rings is 1. The van der Waals surface area contributed by atoms with Gasteiger partial charge in [-0.15, -0.1) is 0 Å². The first-order valence-corrected chi connectivity index (χ1v) is 8.32. The van der Waals surface area contributed by atoms with Gasteiger partial charge in [-0.25, -0.2) is 4.79 Å². The topological polar surface area (TPSA) is 82.0 Å². The van der Waals surface area contributed by atoms with Crippen LogP contribution in [0.25, 0.3) is 0 Å². The molecule has 0 radical (unpaired) electrons. The number of hydrogen-bond donors (Lipinski definition) is 3. The Hall–Kier alpha value is -1.99. The number of rotatable bonds is 6. The molecule has 2 rings (SSSR count). The maximum absolute atomic E-state index is 12.1. The van der Waals surface area contributed by atoms with E-state index in [0.717, 1.165) is 24.9 Å². The number of nitrogens with zero attached hydrogens (tertiary/aromatic N) is 1. The number of alkyl carbamates (subject to hydrolysis) is 1. The largest absolute Gasteiger partial charge is 0.475 e. The summed E-state index contributed by atoms with van der Waals surface area (Å²) in [6, 6.07) is 9.37. The second-order valence-electron chi connectivity index (χ2n) is 6.00. The molecule has 1 amide bonds. The minimum absolute atomic E-state index is 0.192. The van der Waals surface area contributed by atoms with E-state index >= 15 is 0 Å². The van der Waals surface area contributed by atoms with Gasteiger partial charge in [0.2, 0.25) is 0 Å². The lowest BCUT2D eigenvalue weighted by atomic mass is 9.76. The normalized spacial score (nSPS) is 19.1. The van der Waals surface area contributed by atoms with Crippen molar-refractivity contribution in [2.24, 2.45) is 0 Å². The van der Waals surface area contributed by atoms with Crippen LogP contribution in [0, 0.1) is 0 Å². The summed E-state index contributed by atoms with van der Waals surface area (Å²) in [4.78, 5) is 14.2. The van der Waals surface area contributed by atoms with Crippen molar-refractivity contribution < 1.29 is 19.6 Å². The van der Waals surface area contributed by atoms with Gasteiger partial charge in [-0.05, 0) is 37.9 Å². The Morgan fingerprint density at radius 3 is 2.88 bits per heavy atom. The zero-order valence-corrected chi connectivity index (χ0v) is 14.0. The molecular weight excluding hydrogens is 307 g/mol. The van der Waals surface area contributed by atoms with Crippen LogP contribution in [0.15, 0.2) is 42.6 Å². The first-order valence-electron chi connectivity index (χ1n) is 8.32. The summed E-state index contributed by atoms with van der Waals surface area (Å²) in [7, 11) is -1.65. The van der Waals surface area contributed by atoms with Crippen LogP contribution >= 0.6 is 0 Å². The van der Waals surface area contributed by atoms with Crippen LogP contribution in [0.1, 0.15) is 25.3 Å². The van der Waals surface area contributed by atoms with Crippen molar-refractivity contribution in [1.29, 1.82) is 0 Å². The smallest absolute Gasteiger partial charge is 0.444 e. The molecule has 0 spiro atoms. The highest BCUT2D eigenvalue weighted by molar-refractivity contribution is 6.43. The summed E-state index contributed by atoms with van der Waals surface area (Å²) < 4.78 is 5.44. The van der Waals surface area contributed by atoms with Gasteiger partial charge in [-0.3, -0.25) is 0 Å². The number of allylic oxidation sites excluding steroid dienone is 1. The summed E-state index contributed by atoms with van der Waals surface area (Å²) in [5.74, 6) is -0.810. The molecule has 24 heavy (non-hydrogen) atoms. The molecule has 1 saturated heterocycles. The third-order valence-electron chi connectivity index (χ3n) is 4.00. The van der Waals surface area contributed by atoms with Gasteiger partial charge in [0.05, 0.1) is 12.5 Å². The monoisotopic (exact) mass is 332 g/mol. The molecule has 1 heterocycles. The van der Waals surface area contributed by atoms with Gasteiger partial charge in [-0.2, -0.15) is 0 Å². The molecule has 0 saturated carbocycles. The van der Waals surface area contributed by atoms with E-state index in [1.165, 1.54) is 0 Å². The second kappa shape index (κ2) is 9.34. The first-order chi connectivity index (χ1) is 11.6. The van der Waals surface area contributed by atoms with Crippen LogP contribution < -0.4 is 5.32 Å². The van der Waals surface area contributed by atoms with Crippen LogP contribution in [0.3, 0.4) is 0 Å². The van der Waals surface area contributed by atoms with Crippen LogP contribution in [0.5, 0.6) is 0 Å². The summed E-state index contributed by atoms with van der Waals surface area (Å²) in [6.45, 7) is 3.56. The van der Waals surface area contributed by atoms with Crippen molar-refractivity contribution in [3.8, 4) is 0 Å². The molecule has 6 nitrogen and oxygen atoms in total. The zero-order chi connectivity index (χ0) is 17.4. The molecule has 2 atom stereocenters. The summed E-state index contributed by atoms with van der Waals surface area (Å²) in [6.07, 6.45) is 5.23. The fourth-order valence-electron chi connectivity index (χ4n) is 2.84. The maximum Gasteiger partial charge on any atom is 0.475 e. The summed E-state index contributed by atoms with van der Waals surface area (Å²) >= 11 is 0. The highest BCUT2D eigenvalue weighted by Crippen LogP contribution is 2.14. The van der Waals surface area contributed by atoms with E-state index in [1.807, 2.05) is 49.5 Å². The van der Waals surface area contributed by atoms with Gasteiger partial charge in [-0.1, -0.05) is 36.4 Å². The third kappa shape index (κ3) is 5.90. The average molecular weight is 332 g/mol. The van der Waals surface area contributed by atoms with Crippen molar-refractivity contribution in [1.82, 2.24) is 10.2 Å². The van der Waals surface area contributed by atoms with Gasteiger partial charge in [0, 0.05) is 6.54 Å². The fraction of sp³-hybridized carbons (Fsp3) is 0.471. The molecule has 3 N–H and O–H groups in total. The fourth-order valence-corrected chi connectivity index (χ4v) is 2.84. The van der Waals surface area contributed by atoms with Gasteiger partial charge >= 0.3 is 13.2 Å². The van der Waals surface area contributed by atoms with E-state index < -0.39 is 19.2 Å². The van der Waals surface area contributed by atoms with E-state index in [-0.39, 0.29) is 6.10 Å². The molecule has 0 bridgehead atoms. The van der Waals surface area contributed by atoms with Gasteiger partial charge < -0.3 is 25.0 Å². The minimum Gasteiger partial charge on any atom is -0.444 e. The molecule has 1 aliphatic rings. The Morgan fingerprint density at radius 2 is 2.21 bits per heavy atom. The molecular formula is C17H25BN2O4. The summed E-state index contributed by atoms with van der Waals surface area (Å²) in [5, 5.41) is 21.6. The summed E-state index contributed by atoms with van der Waals surface area (Å²) in [5.41, 5.74) is 0.910. The van der Waals surface area contributed by atoms with Crippen molar-refractivity contribution in [2.45, 2.75) is 38.2 Å². The first kappa shape index (κ1) is 18.4. The van der Waals surface area contributed by atoms with Crippen LogP contribution in [0.4, 0.5) is 4.79 Å². The SMILES string of the molecule is CC=CN1CCCC(OC(=O)N[C@@H](Cc2ccccc2)B(O)O)C1. The quantitative estimate of drug-likeness (QED) is 0.685. The van der Waals surface area contributed by atoms with E-state index in [9.17, 15) is 14.8 Å². The Bertz CT molecular complexity index is 539. The second-order valence-corrected chi connectivity index (χ2v) is 6.00. The molecule has 130 valence electrons.